The van der Waals surface area contributed by atoms with Crippen molar-refractivity contribution in [3.8, 4) is 0 Å². The third-order valence-electron chi connectivity index (χ3n) is 2.48. The van der Waals surface area contributed by atoms with Gasteiger partial charge < -0.3 is 5.32 Å². The van der Waals surface area contributed by atoms with Crippen molar-refractivity contribution in [1.82, 2.24) is 4.98 Å². The molecule has 0 aliphatic rings. The number of rotatable bonds is 3. The van der Waals surface area contributed by atoms with E-state index in [1.807, 2.05) is 31.2 Å². The highest BCUT2D eigenvalue weighted by atomic mass is 79.9. The van der Waals surface area contributed by atoms with E-state index in [2.05, 4.69) is 26.2 Å². The lowest BCUT2D eigenvalue weighted by Crippen LogP contribution is -2.00. The van der Waals surface area contributed by atoms with Gasteiger partial charge in [0.2, 0.25) is 0 Å². The Labute approximate surface area is 114 Å². The maximum absolute atomic E-state index is 6.10. The van der Waals surface area contributed by atoms with Gasteiger partial charge >= 0.3 is 0 Å². The third-order valence-corrected chi connectivity index (χ3v) is 3.54. The summed E-state index contributed by atoms with van der Waals surface area (Å²) in [7, 11) is 0. The molecule has 1 aromatic heterocycles. The summed E-state index contributed by atoms with van der Waals surface area (Å²) >= 11 is 9.62. The Morgan fingerprint density at radius 1 is 1.29 bits per heavy atom. The van der Waals surface area contributed by atoms with Gasteiger partial charge in [-0.1, -0.05) is 11.6 Å². The summed E-state index contributed by atoms with van der Waals surface area (Å²) in [5.74, 6) is 0. The van der Waals surface area contributed by atoms with Gasteiger partial charge in [0.05, 0.1) is 5.69 Å². The van der Waals surface area contributed by atoms with E-state index in [1.165, 1.54) is 5.56 Å². The van der Waals surface area contributed by atoms with Crippen LogP contribution in [0.4, 0.5) is 5.69 Å². The number of hydrogen-bond acceptors (Lipinski definition) is 2. The van der Waals surface area contributed by atoms with Crippen LogP contribution in [-0.4, -0.2) is 4.98 Å². The molecular weight excluding hydrogens is 300 g/mol. The van der Waals surface area contributed by atoms with Crippen LogP contribution < -0.4 is 5.32 Å². The van der Waals surface area contributed by atoms with Gasteiger partial charge in [0.1, 0.15) is 0 Å². The standard InChI is InChI=1S/C13H12BrClN2/c1-9-6-11(14)13(7-12(9)15)17-8-10-2-4-16-5-3-10/h2-7,17H,8H2,1H3. The molecule has 0 aliphatic carbocycles. The molecule has 88 valence electrons. The van der Waals surface area contributed by atoms with Crippen LogP contribution in [0.15, 0.2) is 41.1 Å². The van der Waals surface area contributed by atoms with Crippen molar-refractivity contribution < 1.29 is 0 Å². The zero-order chi connectivity index (χ0) is 12.3. The quantitative estimate of drug-likeness (QED) is 0.907. The molecule has 0 saturated heterocycles. The lowest BCUT2D eigenvalue weighted by Gasteiger charge is -2.10. The second kappa shape index (κ2) is 5.52. The van der Waals surface area contributed by atoms with Crippen LogP contribution in [0.1, 0.15) is 11.1 Å². The molecule has 4 heteroatoms. The molecule has 0 atom stereocenters. The van der Waals surface area contributed by atoms with Crippen LogP contribution >= 0.6 is 27.5 Å². The zero-order valence-electron chi connectivity index (χ0n) is 9.37. The fourth-order valence-corrected chi connectivity index (χ4v) is 2.24. The largest absolute Gasteiger partial charge is 0.380 e. The van der Waals surface area contributed by atoms with E-state index in [1.54, 1.807) is 12.4 Å². The minimum Gasteiger partial charge on any atom is -0.380 e. The fraction of sp³-hybridized carbons (Fsp3) is 0.154. The number of halogens is 2. The smallest absolute Gasteiger partial charge is 0.0502 e. The second-order valence-corrected chi connectivity index (χ2v) is 5.05. The summed E-state index contributed by atoms with van der Waals surface area (Å²) < 4.78 is 1.02. The summed E-state index contributed by atoms with van der Waals surface area (Å²) in [4.78, 5) is 3.99. The first-order chi connectivity index (χ1) is 8.16. The predicted octanol–water partition coefficient (Wildman–Crippen LogP) is 4.42. The third kappa shape index (κ3) is 3.20. The first-order valence-corrected chi connectivity index (χ1v) is 6.42. The Morgan fingerprint density at radius 3 is 2.71 bits per heavy atom. The summed E-state index contributed by atoms with van der Waals surface area (Å²) in [5.41, 5.74) is 3.24. The van der Waals surface area contributed by atoms with E-state index < -0.39 is 0 Å². The first kappa shape index (κ1) is 12.4. The molecule has 1 heterocycles. The van der Waals surface area contributed by atoms with Crippen LogP contribution in [0.2, 0.25) is 5.02 Å². The fourth-order valence-electron chi connectivity index (χ4n) is 1.48. The van der Waals surface area contributed by atoms with Crippen LogP contribution in [-0.2, 0) is 6.54 Å². The molecule has 0 amide bonds. The van der Waals surface area contributed by atoms with E-state index >= 15 is 0 Å². The number of aryl methyl sites for hydroxylation is 1. The highest BCUT2D eigenvalue weighted by Crippen LogP contribution is 2.29. The molecule has 0 bridgehead atoms. The minimum absolute atomic E-state index is 0.751. The van der Waals surface area contributed by atoms with Crippen molar-refractivity contribution in [2.75, 3.05) is 5.32 Å². The second-order valence-electron chi connectivity index (χ2n) is 3.79. The predicted molar refractivity (Wildman–Crippen MR) is 75.5 cm³/mol. The van der Waals surface area contributed by atoms with Crippen LogP contribution in [0.25, 0.3) is 0 Å². The van der Waals surface area contributed by atoms with Gasteiger partial charge in [0.15, 0.2) is 0 Å². The lowest BCUT2D eigenvalue weighted by molar-refractivity contribution is 1.12. The molecular formula is C13H12BrClN2. The van der Waals surface area contributed by atoms with Gasteiger partial charge in [-0.05, 0) is 58.2 Å². The summed E-state index contributed by atoms with van der Waals surface area (Å²) in [6, 6.07) is 7.91. The normalized spacial score (nSPS) is 10.3. The molecule has 0 radical (unpaired) electrons. The Hall–Kier alpha value is -1.06. The molecule has 0 fully saturated rings. The van der Waals surface area contributed by atoms with Crippen molar-refractivity contribution in [2.24, 2.45) is 0 Å². The van der Waals surface area contributed by atoms with Crippen LogP contribution in [0.3, 0.4) is 0 Å². The highest BCUT2D eigenvalue weighted by Gasteiger charge is 2.03. The summed E-state index contributed by atoms with van der Waals surface area (Å²) in [6.07, 6.45) is 3.57. The number of hydrogen-bond donors (Lipinski definition) is 1. The average Bonchev–Trinajstić information content (AvgIpc) is 2.33. The highest BCUT2D eigenvalue weighted by molar-refractivity contribution is 9.10. The Balaban J connectivity index is 2.12. The number of nitrogens with one attached hydrogen (secondary N) is 1. The number of nitrogens with zero attached hydrogens (tertiary/aromatic N) is 1. The molecule has 0 spiro atoms. The van der Waals surface area contributed by atoms with Gasteiger partial charge in [-0.3, -0.25) is 4.98 Å². The number of pyridine rings is 1. The number of aromatic nitrogens is 1. The van der Waals surface area contributed by atoms with Gasteiger partial charge in [-0.15, -0.1) is 0 Å². The number of anilines is 1. The van der Waals surface area contributed by atoms with Gasteiger partial charge in [0, 0.05) is 28.4 Å². The SMILES string of the molecule is Cc1cc(Br)c(NCc2ccncc2)cc1Cl. The molecule has 2 aromatic rings. The lowest BCUT2D eigenvalue weighted by atomic mass is 10.2. The minimum atomic E-state index is 0.751. The zero-order valence-corrected chi connectivity index (χ0v) is 11.7. The van der Waals surface area contributed by atoms with E-state index in [0.29, 0.717) is 0 Å². The maximum atomic E-state index is 6.10. The molecule has 0 saturated carbocycles. The van der Waals surface area contributed by atoms with Crippen LogP contribution in [0.5, 0.6) is 0 Å². The molecule has 1 aromatic carbocycles. The summed E-state index contributed by atoms with van der Waals surface area (Å²) in [6.45, 7) is 2.74. The van der Waals surface area contributed by atoms with E-state index in [4.69, 9.17) is 11.6 Å². The van der Waals surface area contributed by atoms with Gasteiger partial charge in [-0.25, -0.2) is 0 Å². The van der Waals surface area contributed by atoms with Gasteiger partial charge in [-0.2, -0.15) is 0 Å². The van der Waals surface area contributed by atoms with E-state index in [9.17, 15) is 0 Å². The van der Waals surface area contributed by atoms with Gasteiger partial charge in [0.25, 0.3) is 0 Å². The van der Waals surface area contributed by atoms with Crippen molar-refractivity contribution >= 4 is 33.2 Å². The molecule has 2 rings (SSSR count). The Kier molecular flexibility index (Phi) is 4.02. The topological polar surface area (TPSA) is 24.9 Å². The van der Waals surface area contributed by atoms with Crippen molar-refractivity contribution in [2.45, 2.75) is 13.5 Å². The molecule has 0 aliphatic heterocycles. The average molecular weight is 312 g/mol. The summed E-state index contributed by atoms with van der Waals surface area (Å²) in [5, 5.41) is 4.11. The van der Waals surface area contributed by atoms with Crippen molar-refractivity contribution in [3.63, 3.8) is 0 Å². The van der Waals surface area contributed by atoms with Crippen molar-refractivity contribution in [1.29, 1.82) is 0 Å². The molecule has 0 unspecified atom stereocenters. The number of benzene rings is 1. The first-order valence-electron chi connectivity index (χ1n) is 5.25. The Bertz CT molecular complexity index is 514. The monoisotopic (exact) mass is 310 g/mol. The van der Waals surface area contributed by atoms with E-state index in [0.717, 1.165) is 27.3 Å². The molecule has 1 N–H and O–H groups in total. The van der Waals surface area contributed by atoms with E-state index in [-0.39, 0.29) is 0 Å². The van der Waals surface area contributed by atoms with Crippen LogP contribution in [0, 0.1) is 6.92 Å². The molecule has 17 heavy (non-hydrogen) atoms. The Morgan fingerprint density at radius 2 is 2.00 bits per heavy atom. The maximum Gasteiger partial charge on any atom is 0.0502 e. The van der Waals surface area contributed by atoms with Crippen molar-refractivity contribution in [3.05, 3.63) is 57.3 Å². The molecule has 2 nitrogen and oxygen atoms in total.